The van der Waals surface area contributed by atoms with Crippen molar-refractivity contribution < 1.29 is 0 Å². The van der Waals surface area contributed by atoms with Crippen molar-refractivity contribution in [2.75, 3.05) is 0 Å². The summed E-state index contributed by atoms with van der Waals surface area (Å²) in [5, 5.41) is -0.233. The second-order valence-corrected chi connectivity index (χ2v) is 4.63. The molecule has 1 N–H and O–H groups in total. The Morgan fingerprint density at radius 1 is 1.62 bits per heavy atom. The van der Waals surface area contributed by atoms with Gasteiger partial charge in [0.15, 0.2) is 0 Å². The molecule has 0 aromatic carbocycles. The topological polar surface area (TPSA) is 45.8 Å². The molecule has 0 radical (unpaired) electrons. The summed E-state index contributed by atoms with van der Waals surface area (Å²) in [6.07, 6.45) is 0. The largest absolute Gasteiger partial charge is 0.309 e. The summed E-state index contributed by atoms with van der Waals surface area (Å²) in [7, 11) is 0. The van der Waals surface area contributed by atoms with E-state index in [1.54, 1.807) is 18.7 Å². The number of hydrogen-bond acceptors (Lipinski definition) is 3. The Kier molecular flexibility index (Phi) is 2.34. The molecule has 1 atom stereocenters. The molecule has 0 aliphatic carbocycles. The molecule has 70 valence electrons. The minimum Gasteiger partial charge on any atom is -0.309 e. The predicted molar refractivity (Wildman–Crippen MR) is 54.1 cm³/mol. The fourth-order valence-electron chi connectivity index (χ4n) is 1.27. The molecule has 0 amide bonds. The number of fused-ring (bicyclic) bond motifs is 1. The third kappa shape index (κ3) is 1.60. The van der Waals surface area contributed by atoms with E-state index in [2.05, 4.69) is 9.97 Å². The lowest BCUT2D eigenvalue weighted by atomic mass is 10.2. The highest BCUT2D eigenvalue weighted by Crippen LogP contribution is 2.26. The monoisotopic (exact) mass is 216 g/mol. The van der Waals surface area contributed by atoms with E-state index in [1.807, 2.05) is 0 Å². The molecule has 0 saturated heterocycles. The highest BCUT2D eigenvalue weighted by molar-refractivity contribution is 7.98. The average Bonchev–Trinajstić information content (AvgIpc) is 2.51. The van der Waals surface area contributed by atoms with Gasteiger partial charge in [-0.15, -0.1) is 11.6 Å². The zero-order valence-corrected chi connectivity index (χ0v) is 8.71. The average molecular weight is 217 g/mol. The van der Waals surface area contributed by atoms with Crippen LogP contribution in [-0.2, 0) is 11.5 Å². The molecule has 3 nitrogen and oxygen atoms in total. The molecule has 5 heteroatoms. The fraction of sp³-hybridized carbons (Fsp3) is 0.500. The van der Waals surface area contributed by atoms with Crippen LogP contribution >= 0.6 is 23.4 Å². The van der Waals surface area contributed by atoms with Gasteiger partial charge in [-0.3, -0.25) is 4.79 Å². The van der Waals surface area contributed by atoms with Gasteiger partial charge in [0, 0.05) is 17.1 Å². The molecule has 1 aliphatic rings. The first-order valence-corrected chi connectivity index (χ1v) is 5.61. The first-order valence-electron chi connectivity index (χ1n) is 4.02. The SMILES string of the molecule is CC(Cl)c1nc2c(c(=O)[nH]1)CSC2. The number of nitrogens with zero attached hydrogens (tertiary/aromatic N) is 1. The van der Waals surface area contributed by atoms with Crippen LogP contribution in [0, 0.1) is 0 Å². The number of halogens is 1. The van der Waals surface area contributed by atoms with Crippen molar-refractivity contribution in [1.29, 1.82) is 0 Å². The number of rotatable bonds is 1. The predicted octanol–water partition coefficient (Wildman–Crippen LogP) is 1.82. The van der Waals surface area contributed by atoms with Gasteiger partial charge in [0.25, 0.3) is 5.56 Å². The van der Waals surface area contributed by atoms with Crippen LogP contribution in [0.3, 0.4) is 0 Å². The summed E-state index contributed by atoms with van der Waals surface area (Å²) in [5.41, 5.74) is 1.68. The van der Waals surface area contributed by atoms with Gasteiger partial charge >= 0.3 is 0 Å². The Labute approximate surface area is 84.9 Å². The van der Waals surface area contributed by atoms with Crippen molar-refractivity contribution in [1.82, 2.24) is 9.97 Å². The Hall–Kier alpha value is -0.480. The van der Waals surface area contributed by atoms with Gasteiger partial charge in [0.1, 0.15) is 5.82 Å². The molecule has 0 fully saturated rings. The van der Waals surface area contributed by atoms with Gasteiger partial charge in [-0.1, -0.05) is 0 Å². The maximum Gasteiger partial charge on any atom is 0.255 e. The Balaban J connectivity index is 2.56. The van der Waals surface area contributed by atoms with Crippen LogP contribution in [0.1, 0.15) is 29.4 Å². The summed E-state index contributed by atoms with van der Waals surface area (Å²) in [5.74, 6) is 2.18. The summed E-state index contributed by atoms with van der Waals surface area (Å²) < 4.78 is 0. The van der Waals surface area contributed by atoms with Gasteiger partial charge in [-0.05, 0) is 6.92 Å². The first kappa shape index (κ1) is 9.09. The van der Waals surface area contributed by atoms with Crippen LogP contribution in [0.4, 0.5) is 0 Å². The number of aromatic nitrogens is 2. The van der Waals surface area contributed by atoms with Crippen molar-refractivity contribution in [3.63, 3.8) is 0 Å². The third-order valence-corrected chi connectivity index (χ3v) is 3.16. The molecular formula is C8H9ClN2OS. The minimum atomic E-state index is -0.233. The van der Waals surface area contributed by atoms with Crippen molar-refractivity contribution in [2.45, 2.75) is 23.8 Å². The summed E-state index contributed by atoms with van der Waals surface area (Å²) >= 11 is 7.55. The first-order chi connectivity index (χ1) is 6.18. The fourth-order valence-corrected chi connectivity index (χ4v) is 2.41. The van der Waals surface area contributed by atoms with Gasteiger partial charge in [0.05, 0.1) is 11.1 Å². The Morgan fingerprint density at radius 3 is 3.08 bits per heavy atom. The molecule has 13 heavy (non-hydrogen) atoms. The van der Waals surface area contributed by atoms with Gasteiger partial charge in [0.2, 0.25) is 0 Å². The van der Waals surface area contributed by atoms with E-state index in [0.717, 1.165) is 22.8 Å². The van der Waals surface area contributed by atoms with E-state index in [0.29, 0.717) is 5.82 Å². The zero-order valence-electron chi connectivity index (χ0n) is 7.13. The Bertz CT molecular complexity index is 388. The van der Waals surface area contributed by atoms with Crippen molar-refractivity contribution >= 4 is 23.4 Å². The molecule has 1 unspecified atom stereocenters. The molecule has 1 aliphatic heterocycles. The summed E-state index contributed by atoms with van der Waals surface area (Å²) in [6.45, 7) is 1.80. The third-order valence-electron chi connectivity index (χ3n) is 1.98. The van der Waals surface area contributed by atoms with Crippen LogP contribution in [0.25, 0.3) is 0 Å². The number of nitrogens with one attached hydrogen (secondary N) is 1. The highest BCUT2D eigenvalue weighted by Gasteiger charge is 2.18. The number of alkyl halides is 1. The van der Waals surface area contributed by atoms with Crippen molar-refractivity contribution in [3.05, 3.63) is 27.4 Å². The van der Waals surface area contributed by atoms with Crippen LogP contribution in [0.2, 0.25) is 0 Å². The van der Waals surface area contributed by atoms with Crippen LogP contribution < -0.4 is 5.56 Å². The van der Waals surface area contributed by atoms with Crippen LogP contribution in [-0.4, -0.2) is 9.97 Å². The van der Waals surface area contributed by atoms with Gasteiger partial charge in [-0.25, -0.2) is 4.98 Å². The highest BCUT2D eigenvalue weighted by atomic mass is 35.5. The van der Waals surface area contributed by atoms with Crippen LogP contribution in [0.15, 0.2) is 4.79 Å². The quantitative estimate of drug-likeness (QED) is 0.729. The lowest BCUT2D eigenvalue weighted by Crippen LogP contribution is -2.17. The molecule has 0 spiro atoms. The molecular weight excluding hydrogens is 208 g/mol. The standard InChI is InChI=1S/C8H9ClN2OS/c1-4(9)7-10-6-3-13-2-5(6)8(12)11-7/h4H,2-3H2,1H3,(H,10,11,12). The Morgan fingerprint density at radius 2 is 2.38 bits per heavy atom. The number of thioether (sulfide) groups is 1. The van der Waals surface area contributed by atoms with E-state index in [9.17, 15) is 4.79 Å². The second-order valence-electron chi connectivity index (χ2n) is 2.99. The maximum absolute atomic E-state index is 11.5. The maximum atomic E-state index is 11.5. The smallest absolute Gasteiger partial charge is 0.255 e. The van der Waals surface area contributed by atoms with E-state index in [4.69, 9.17) is 11.6 Å². The second kappa shape index (κ2) is 3.35. The van der Waals surface area contributed by atoms with Crippen molar-refractivity contribution in [3.8, 4) is 0 Å². The van der Waals surface area contributed by atoms with E-state index < -0.39 is 0 Å². The van der Waals surface area contributed by atoms with Crippen molar-refractivity contribution in [2.24, 2.45) is 0 Å². The van der Waals surface area contributed by atoms with Gasteiger partial charge in [-0.2, -0.15) is 11.8 Å². The van der Waals surface area contributed by atoms with E-state index >= 15 is 0 Å². The zero-order chi connectivity index (χ0) is 9.42. The van der Waals surface area contributed by atoms with E-state index in [-0.39, 0.29) is 10.9 Å². The molecule has 2 rings (SSSR count). The minimum absolute atomic E-state index is 0.0301. The van der Waals surface area contributed by atoms with E-state index in [1.165, 1.54) is 0 Å². The summed E-state index contributed by atoms with van der Waals surface area (Å²) in [4.78, 5) is 18.5. The van der Waals surface area contributed by atoms with Crippen LogP contribution in [0.5, 0.6) is 0 Å². The summed E-state index contributed by atoms with van der Waals surface area (Å²) in [6, 6.07) is 0. The lowest BCUT2D eigenvalue weighted by Gasteiger charge is -2.03. The van der Waals surface area contributed by atoms with Gasteiger partial charge < -0.3 is 4.98 Å². The molecule has 1 aromatic heterocycles. The number of aromatic amines is 1. The lowest BCUT2D eigenvalue weighted by molar-refractivity contribution is 0.862. The molecule has 2 heterocycles. The molecule has 0 bridgehead atoms. The molecule has 0 saturated carbocycles. The number of hydrogen-bond donors (Lipinski definition) is 1. The normalized spacial score (nSPS) is 17.1. The molecule has 1 aromatic rings. The number of H-pyrrole nitrogens is 1.